The Hall–Kier alpha value is -0.900. The molecule has 1 unspecified atom stereocenters. The fraction of sp³-hybridized carbons (Fsp3) is 0.357. The SMILES string of the molecule is CCCNC(c1ccc(C)c(Cl)c1)c1nccs1. The quantitative estimate of drug-likeness (QED) is 0.888. The molecule has 1 aromatic heterocycles. The lowest BCUT2D eigenvalue weighted by atomic mass is 10.1. The summed E-state index contributed by atoms with van der Waals surface area (Å²) in [6.07, 6.45) is 2.94. The summed E-state index contributed by atoms with van der Waals surface area (Å²) in [4.78, 5) is 4.41. The molecule has 0 fully saturated rings. The second-order valence-corrected chi connectivity index (χ2v) is 5.60. The third-order valence-electron chi connectivity index (χ3n) is 2.83. The number of rotatable bonds is 5. The lowest BCUT2D eigenvalue weighted by Gasteiger charge is -2.17. The summed E-state index contributed by atoms with van der Waals surface area (Å²) in [5, 5.41) is 7.43. The van der Waals surface area contributed by atoms with Crippen LogP contribution < -0.4 is 5.32 Å². The summed E-state index contributed by atoms with van der Waals surface area (Å²) in [7, 11) is 0. The number of hydrogen-bond donors (Lipinski definition) is 1. The summed E-state index contributed by atoms with van der Waals surface area (Å²) in [6, 6.07) is 6.36. The van der Waals surface area contributed by atoms with Crippen molar-refractivity contribution in [3.8, 4) is 0 Å². The van der Waals surface area contributed by atoms with E-state index in [1.165, 1.54) is 5.56 Å². The normalized spacial score (nSPS) is 12.6. The van der Waals surface area contributed by atoms with Gasteiger partial charge in [0.05, 0.1) is 6.04 Å². The topological polar surface area (TPSA) is 24.9 Å². The predicted octanol–water partition coefficient (Wildman–Crippen LogP) is 4.19. The van der Waals surface area contributed by atoms with Gasteiger partial charge in [0.1, 0.15) is 5.01 Å². The van der Waals surface area contributed by atoms with E-state index >= 15 is 0 Å². The van der Waals surface area contributed by atoms with Crippen LogP contribution in [-0.4, -0.2) is 11.5 Å². The average molecular weight is 281 g/mol. The summed E-state index contributed by atoms with van der Waals surface area (Å²) >= 11 is 7.88. The molecule has 0 saturated heterocycles. The zero-order valence-corrected chi connectivity index (χ0v) is 12.2. The van der Waals surface area contributed by atoms with Gasteiger partial charge in [-0.25, -0.2) is 4.98 Å². The van der Waals surface area contributed by atoms with Crippen molar-refractivity contribution in [3.05, 3.63) is 50.9 Å². The fourth-order valence-corrected chi connectivity index (χ4v) is 2.73. The minimum atomic E-state index is 0.142. The number of benzene rings is 1. The molecular formula is C14H17ClN2S. The van der Waals surface area contributed by atoms with E-state index < -0.39 is 0 Å². The highest BCUT2D eigenvalue weighted by atomic mass is 35.5. The maximum absolute atomic E-state index is 6.21. The van der Waals surface area contributed by atoms with Gasteiger partial charge in [-0.1, -0.05) is 30.7 Å². The monoisotopic (exact) mass is 280 g/mol. The first-order valence-electron chi connectivity index (χ1n) is 6.11. The molecule has 2 nitrogen and oxygen atoms in total. The van der Waals surface area contributed by atoms with Crippen molar-refractivity contribution in [2.24, 2.45) is 0 Å². The molecule has 0 aliphatic rings. The van der Waals surface area contributed by atoms with Crippen molar-refractivity contribution in [1.82, 2.24) is 10.3 Å². The Morgan fingerprint density at radius 3 is 2.89 bits per heavy atom. The minimum absolute atomic E-state index is 0.142. The number of thiazole rings is 1. The molecule has 2 rings (SSSR count). The molecule has 1 aromatic carbocycles. The Labute approximate surface area is 117 Å². The molecule has 0 amide bonds. The van der Waals surface area contributed by atoms with Crippen molar-refractivity contribution < 1.29 is 0 Å². The van der Waals surface area contributed by atoms with Crippen LogP contribution in [0.3, 0.4) is 0 Å². The molecule has 0 spiro atoms. The van der Waals surface area contributed by atoms with Crippen molar-refractivity contribution in [3.63, 3.8) is 0 Å². The maximum Gasteiger partial charge on any atom is 0.114 e. The van der Waals surface area contributed by atoms with Crippen LogP contribution >= 0.6 is 22.9 Å². The lowest BCUT2D eigenvalue weighted by Crippen LogP contribution is -2.23. The minimum Gasteiger partial charge on any atom is -0.304 e. The van der Waals surface area contributed by atoms with E-state index in [0.29, 0.717) is 0 Å². The first kappa shape index (κ1) is 13.5. The third-order valence-corrected chi connectivity index (χ3v) is 4.07. The smallest absolute Gasteiger partial charge is 0.114 e. The Balaban J connectivity index is 2.30. The third kappa shape index (κ3) is 3.10. The highest BCUT2D eigenvalue weighted by molar-refractivity contribution is 7.09. The lowest BCUT2D eigenvalue weighted by molar-refractivity contribution is 0.596. The van der Waals surface area contributed by atoms with Crippen molar-refractivity contribution in [2.45, 2.75) is 26.3 Å². The molecule has 1 N–H and O–H groups in total. The molecule has 1 atom stereocenters. The van der Waals surface area contributed by atoms with Gasteiger partial charge < -0.3 is 5.32 Å². The number of aryl methyl sites for hydroxylation is 1. The van der Waals surface area contributed by atoms with Gasteiger partial charge >= 0.3 is 0 Å². The second kappa shape index (κ2) is 6.32. The number of nitrogens with zero attached hydrogens (tertiary/aromatic N) is 1. The van der Waals surface area contributed by atoms with Gasteiger partial charge in [-0.05, 0) is 37.1 Å². The zero-order chi connectivity index (χ0) is 13.0. The number of aromatic nitrogens is 1. The van der Waals surface area contributed by atoms with E-state index in [1.54, 1.807) is 11.3 Å². The highest BCUT2D eigenvalue weighted by Gasteiger charge is 2.16. The predicted molar refractivity (Wildman–Crippen MR) is 78.4 cm³/mol. The molecule has 2 aromatic rings. The Kier molecular flexibility index (Phi) is 4.75. The first-order valence-corrected chi connectivity index (χ1v) is 7.37. The Morgan fingerprint density at radius 2 is 2.28 bits per heavy atom. The van der Waals surface area contributed by atoms with Gasteiger partial charge in [0, 0.05) is 16.6 Å². The van der Waals surface area contributed by atoms with E-state index in [4.69, 9.17) is 11.6 Å². The van der Waals surface area contributed by atoms with Crippen molar-refractivity contribution in [2.75, 3.05) is 6.54 Å². The van der Waals surface area contributed by atoms with Gasteiger partial charge in [-0.15, -0.1) is 11.3 Å². The number of hydrogen-bond acceptors (Lipinski definition) is 3. The van der Waals surface area contributed by atoms with Crippen molar-refractivity contribution in [1.29, 1.82) is 0 Å². The largest absolute Gasteiger partial charge is 0.304 e. The molecule has 0 aliphatic carbocycles. The van der Waals surface area contributed by atoms with Crippen LogP contribution in [-0.2, 0) is 0 Å². The molecule has 0 radical (unpaired) electrons. The molecule has 0 aliphatic heterocycles. The van der Waals surface area contributed by atoms with E-state index in [1.807, 2.05) is 24.6 Å². The van der Waals surface area contributed by atoms with Crippen LogP contribution in [0.2, 0.25) is 5.02 Å². The summed E-state index contributed by atoms with van der Waals surface area (Å²) < 4.78 is 0. The highest BCUT2D eigenvalue weighted by Crippen LogP contribution is 2.27. The molecule has 1 heterocycles. The standard InChI is InChI=1S/C14H17ClN2S/c1-3-6-16-13(14-17-7-8-18-14)11-5-4-10(2)12(15)9-11/h4-5,7-9,13,16H,3,6H2,1-2H3. The van der Waals surface area contributed by atoms with Crippen molar-refractivity contribution >= 4 is 22.9 Å². The van der Waals surface area contributed by atoms with E-state index in [2.05, 4.69) is 29.4 Å². The molecule has 96 valence electrons. The molecule has 18 heavy (non-hydrogen) atoms. The van der Waals surface area contributed by atoms with E-state index in [9.17, 15) is 0 Å². The average Bonchev–Trinajstić information content (AvgIpc) is 2.88. The summed E-state index contributed by atoms with van der Waals surface area (Å²) in [6.45, 7) is 5.15. The molecule has 4 heteroatoms. The van der Waals surface area contributed by atoms with Crippen LogP contribution in [0.5, 0.6) is 0 Å². The molecule has 0 bridgehead atoms. The van der Waals surface area contributed by atoms with E-state index in [0.717, 1.165) is 28.6 Å². The second-order valence-electron chi connectivity index (χ2n) is 4.27. The molecule has 0 saturated carbocycles. The van der Waals surface area contributed by atoms with Crippen LogP contribution in [0.4, 0.5) is 0 Å². The Morgan fingerprint density at radius 1 is 1.44 bits per heavy atom. The van der Waals surface area contributed by atoms with E-state index in [-0.39, 0.29) is 6.04 Å². The van der Waals surface area contributed by atoms with Crippen LogP contribution in [0.25, 0.3) is 0 Å². The molecular weight excluding hydrogens is 264 g/mol. The number of nitrogens with one attached hydrogen (secondary N) is 1. The van der Waals surface area contributed by atoms with Crippen LogP contribution in [0.1, 0.15) is 35.5 Å². The summed E-state index contributed by atoms with van der Waals surface area (Å²) in [5.74, 6) is 0. The van der Waals surface area contributed by atoms with Gasteiger partial charge in [0.25, 0.3) is 0 Å². The number of halogens is 1. The van der Waals surface area contributed by atoms with Gasteiger partial charge in [-0.3, -0.25) is 0 Å². The van der Waals surface area contributed by atoms with Gasteiger partial charge in [-0.2, -0.15) is 0 Å². The van der Waals surface area contributed by atoms with Crippen LogP contribution in [0.15, 0.2) is 29.8 Å². The zero-order valence-electron chi connectivity index (χ0n) is 10.6. The van der Waals surface area contributed by atoms with Gasteiger partial charge in [0.15, 0.2) is 0 Å². The fourth-order valence-electron chi connectivity index (χ4n) is 1.80. The summed E-state index contributed by atoms with van der Waals surface area (Å²) in [5.41, 5.74) is 2.28. The Bertz CT molecular complexity index is 497. The maximum atomic E-state index is 6.21. The van der Waals surface area contributed by atoms with Crippen LogP contribution in [0, 0.1) is 6.92 Å². The van der Waals surface area contributed by atoms with Gasteiger partial charge in [0.2, 0.25) is 0 Å². The first-order chi connectivity index (χ1) is 8.72.